The number of nitrogens with zero attached hydrogens (tertiary/aromatic N) is 4. The van der Waals surface area contributed by atoms with Crippen LogP contribution in [0, 0.1) is 0 Å². The minimum Gasteiger partial charge on any atom is -0.497 e. The molecule has 8 rings (SSSR count). The normalized spacial score (nSPS) is 22.7. The SMILES string of the molecule is COc1ccc2nc(-c3ccc(N4CC(OC5CCN(CCCCCOc6ccc7c(c6)C(=O)N(C6CCC(O)NC6O)C7=O)CC5)C4)cc3)sc2c1. The first kappa shape index (κ1) is 35.9. The van der Waals surface area contributed by atoms with Crippen molar-refractivity contribution < 1.29 is 34.0 Å². The van der Waals surface area contributed by atoms with Crippen LogP contribution in [0.25, 0.3) is 20.8 Å². The molecule has 280 valence electrons. The quantitative estimate of drug-likeness (QED) is 0.128. The van der Waals surface area contributed by atoms with Crippen molar-refractivity contribution >= 4 is 39.1 Å². The zero-order chi connectivity index (χ0) is 36.5. The number of hydrogen-bond acceptors (Lipinski definition) is 12. The van der Waals surface area contributed by atoms with Gasteiger partial charge in [0, 0.05) is 37.4 Å². The highest BCUT2D eigenvalue weighted by Crippen LogP contribution is 2.35. The van der Waals surface area contributed by atoms with Gasteiger partial charge in [-0.2, -0.15) is 0 Å². The Balaban J connectivity index is 0.701. The number of thiazole rings is 1. The Morgan fingerprint density at radius 1 is 0.849 bits per heavy atom. The maximum atomic E-state index is 13.1. The van der Waals surface area contributed by atoms with Crippen LogP contribution in [0.4, 0.5) is 5.69 Å². The molecular formula is C40H47N5O7S. The number of benzene rings is 3. The lowest BCUT2D eigenvalue weighted by Crippen LogP contribution is -2.58. The number of carbonyl (C=O) groups excluding carboxylic acids is 2. The third-order valence-electron chi connectivity index (χ3n) is 10.9. The van der Waals surface area contributed by atoms with Gasteiger partial charge in [0.2, 0.25) is 0 Å². The van der Waals surface area contributed by atoms with Crippen molar-refractivity contribution in [1.29, 1.82) is 0 Å². The van der Waals surface area contributed by atoms with E-state index in [2.05, 4.69) is 39.4 Å². The number of aliphatic hydroxyl groups is 2. The molecule has 12 nitrogen and oxygen atoms in total. The van der Waals surface area contributed by atoms with Crippen molar-refractivity contribution in [2.45, 2.75) is 75.7 Å². The number of aromatic nitrogens is 1. The van der Waals surface area contributed by atoms with Crippen molar-refractivity contribution in [2.24, 2.45) is 0 Å². The number of imide groups is 1. The zero-order valence-electron chi connectivity index (χ0n) is 30.0. The second-order valence-corrected chi connectivity index (χ2v) is 15.5. The number of unbranched alkanes of at least 4 members (excludes halogenated alkanes) is 2. The zero-order valence-corrected chi connectivity index (χ0v) is 30.8. The van der Waals surface area contributed by atoms with E-state index in [0.29, 0.717) is 42.4 Å². The maximum Gasteiger partial charge on any atom is 0.262 e. The molecule has 0 saturated carbocycles. The minimum atomic E-state index is -1.17. The van der Waals surface area contributed by atoms with Gasteiger partial charge in [-0.05, 0) is 112 Å². The van der Waals surface area contributed by atoms with Gasteiger partial charge >= 0.3 is 0 Å². The summed E-state index contributed by atoms with van der Waals surface area (Å²) in [5.74, 6) is 0.544. The summed E-state index contributed by atoms with van der Waals surface area (Å²) in [5.41, 5.74) is 3.95. The monoisotopic (exact) mass is 741 g/mol. The number of piperidine rings is 2. The van der Waals surface area contributed by atoms with Crippen LogP contribution in [0.5, 0.6) is 11.5 Å². The van der Waals surface area contributed by atoms with Gasteiger partial charge in [0.1, 0.15) is 29.0 Å². The first-order valence-corrected chi connectivity index (χ1v) is 19.6. The number of methoxy groups -OCH3 is 1. The number of aliphatic hydroxyl groups excluding tert-OH is 2. The van der Waals surface area contributed by atoms with Gasteiger partial charge in [-0.3, -0.25) is 19.8 Å². The summed E-state index contributed by atoms with van der Waals surface area (Å²) < 4.78 is 18.9. The van der Waals surface area contributed by atoms with Gasteiger partial charge in [-0.1, -0.05) is 0 Å². The number of hydrogen-bond donors (Lipinski definition) is 3. The van der Waals surface area contributed by atoms with E-state index in [0.717, 1.165) is 96.3 Å². The van der Waals surface area contributed by atoms with Crippen LogP contribution >= 0.6 is 11.3 Å². The van der Waals surface area contributed by atoms with Crippen LogP contribution in [0.1, 0.15) is 65.7 Å². The predicted molar refractivity (Wildman–Crippen MR) is 203 cm³/mol. The molecule has 4 aliphatic heterocycles. The fourth-order valence-electron chi connectivity index (χ4n) is 7.83. The molecule has 4 aliphatic rings. The number of amides is 2. The van der Waals surface area contributed by atoms with Crippen LogP contribution in [0.3, 0.4) is 0 Å². The van der Waals surface area contributed by atoms with Gasteiger partial charge < -0.3 is 34.2 Å². The van der Waals surface area contributed by atoms with E-state index in [9.17, 15) is 19.8 Å². The first-order chi connectivity index (χ1) is 25.8. The van der Waals surface area contributed by atoms with Crippen molar-refractivity contribution in [2.75, 3.05) is 51.3 Å². The summed E-state index contributed by atoms with van der Waals surface area (Å²) in [5, 5.41) is 23.7. The topological polar surface area (TPSA) is 137 Å². The number of ether oxygens (including phenoxy) is 3. The average molecular weight is 742 g/mol. The Morgan fingerprint density at radius 3 is 2.40 bits per heavy atom. The highest BCUT2D eigenvalue weighted by molar-refractivity contribution is 7.21. The van der Waals surface area contributed by atoms with E-state index in [-0.39, 0.29) is 6.10 Å². The minimum absolute atomic E-state index is 0.283. The van der Waals surface area contributed by atoms with E-state index in [1.165, 1.54) is 5.69 Å². The van der Waals surface area contributed by atoms with Gasteiger partial charge in [0.15, 0.2) is 0 Å². The van der Waals surface area contributed by atoms with Gasteiger partial charge in [0.05, 0.1) is 53.3 Å². The summed E-state index contributed by atoms with van der Waals surface area (Å²) >= 11 is 1.68. The Kier molecular flexibility index (Phi) is 10.6. The van der Waals surface area contributed by atoms with Crippen molar-refractivity contribution in [3.63, 3.8) is 0 Å². The molecule has 0 radical (unpaired) electrons. The molecule has 3 N–H and O–H groups in total. The Hall–Kier alpha value is -4.11. The van der Waals surface area contributed by atoms with Crippen LogP contribution < -0.4 is 19.7 Å². The van der Waals surface area contributed by atoms with Crippen molar-refractivity contribution in [1.82, 2.24) is 20.1 Å². The molecule has 5 heterocycles. The number of likely N-dealkylation sites (tertiary alicyclic amines) is 1. The van der Waals surface area contributed by atoms with Crippen molar-refractivity contribution in [3.05, 3.63) is 71.8 Å². The maximum absolute atomic E-state index is 13.1. The molecule has 3 fully saturated rings. The fraction of sp³-hybridized carbons (Fsp3) is 0.475. The molecule has 0 aliphatic carbocycles. The fourth-order valence-corrected chi connectivity index (χ4v) is 8.83. The molecule has 3 aromatic carbocycles. The van der Waals surface area contributed by atoms with Gasteiger partial charge in [-0.25, -0.2) is 4.98 Å². The average Bonchev–Trinajstić information content (AvgIpc) is 3.69. The van der Waals surface area contributed by atoms with Crippen LogP contribution in [0.2, 0.25) is 0 Å². The molecule has 0 bridgehead atoms. The highest BCUT2D eigenvalue weighted by Gasteiger charge is 2.44. The molecule has 2 amide bonds. The first-order valence-electron chi connectivity index (χ1n) is 18.8. The number of carbonyl (C=O) groups is 2. The summed E-state index contributed by atoms with van der Waals surface area (Å²) in [6, 6.07) is 18.9. The largest absolute Gasteiger partial charge is 0.497 e. The number of nitrogens with one attached hydrogen (secondary N) is 1. The Bertz CT molecular complexity index is 1920. The van der Waals surface area contributed by atoms with Gasteiger partial charge in [0.25, 0.3) is 11.8 Å². The van der Waals surface area contributed by atoms with E-state index < -0.39 is 30.3 Å². The summed E-state index contributed by atoms with van der Waals surface area (Å²) in [7, 11) is 1.69. The summed E-state index contributed by atoms with van der Waals surface area (Å²) in [6.45, 7) is 5.57. The molecule has 13 heteroatoms. The highest BCUT2D eigenvalue weighted by atomic mass is 32.1. The Labute approximate surface area is 313 Å². The molecule has 3 unspecified atom stereocenters. The predicted octanol–water partition coefficient (Wildman–Crippen LogP) is 4.88. The third-order valence-corrected chi connectivity index (χ3v) is 12.0. The second kappa shape index (κ2) is 15.7. The summed E-state index contributed by atoms with van der Waals surface area (Å²) in [6.07, 6.45) is 4.43. The molecule has 1 aromatic heterocycles. The summed E-state index contributed by atoms with van der Waals surface area (Å²) in [4.78, 5) is 36.9. The molecule has 0 spiro atoms. The molecule has 3 atom stereocenters. The van der Waals surface area contributed by atoms with E-state index in [1.807, 2.05) is 18.2 Å². The molecular weight excluding hydrogens is 695 g/mol. The second-order valence-electron chi connectivity index (χ2n) is 14.5. The lowest BCUT2D eigenvalue weighted by molar-refractivity contribution is -0.0527. The standard InChI is InChI=1S/C40H47N5O7S/c1-50-28-10-12-33-35(22-28)53-38(41-33)25-5-7-26(8-6-25)44-23-30(24-44)52-27-15-18-43(19-16-27)17-3-2-4-20-51-29-9-11-31-32(21-29)40(49)45(39(31)48)34-13-14-36(46)42-37(34)47/h5-12,21-22,27,30,34,36-37,42,46-47H,2-4,13-20,23-24H2,1H3. The van der Waals surface area contributed by atoms with Gasteiger partial charge in [-0.15, -0.1) is 11.3 Å². The molecule has 3 saturated heterocycles. The van der Waals surface area contributed by atoms with E-state index in [1.54, 1.807) is 36.6 Å². The molecule has 4 aromatic rings. The third kappa shape index (κ3) is 7.78. The number of rotatable bonds is 13. The smallest absolute Gasteiger partial charge is 0.262 e. The van der Waals surface area contributed by atoms with E-state index >= 15 is 0 Å². The Morgan fingerprint density at radius 2 is 1.62 bits per heavy atom. The lowest BCUT2D eigenvalue weighted by atomic mass is 10.0. The van der Waals surface area contributed by atoms with Crippen molar-refractivity contribution in [3.8, 4) is 22.1 Å². The van der Waals surface area contributed by atoms with Crippen LogP contribution in [-0.2, 0) is 4.74 Å². The van der Waals surface area contributed by atoms with Crippen LogP contribution in [0.15, 0.2) is 60.7 Å². The number of fused-ring (bicyclic) bond motifs is 2. The van der Waals surface area contributed by atoms with Crippen LogP contribution in [-0.4, -0.2) is 114 Å². The molecule has 53 heavy (non-hydrogen) atoms. The van der Waals surface area contributed by atoms with E-state index in [4.69, 9.17) is 19.2 Å². The lowest BCUT2D eigenvalue weighted by Gasteiger charge is -2.43. The number of anilines is 1.